The van der Waals surface area contributed by atoms with Gasteiger partial charge in [-0.3, -0.25) is 9.69 Å². The number of hydrogen-bond donors (Lipinski definition) is 8. The number of nitrogens with zero attached hydrogens (tertiary/aromatic N) is 1. The van der Waals surface area contributed by atoms with Crippen molar-refractivity contribution in [2.45, 2.75) is 82.9 Å². The van der Waals surface area contributed by atoms with E-state index in [1.54, 1.807) is 13.8 Å². The van der Waals surface area contributed by atoms with Crippen molar-refractivity contribution < 1.29 is 35.4 Å². The van der Waals surface area contributed by atoms with Crippen LogP contribution in [0.1, 0.15) is 50.7 Å². The number of nitrogens with two attached hydrogens (primary N) is 1. The molecule has 0 radical (unpaired) electrons. The zero-order valence-electron chi connectivity index (χ0n) is 27.1. The summed E-state index contributed by atoms with van der Waals surface area (Å²) in [7, 11) is 0. The number of nitrogens with one attached hydrogen (secondary N) is 1. The number of carbonyl (C=O) groups is 1. The van der Waals surface area contributed by atoms with Gasteiger partial charge in [-0.1, -0.05) is 85.0 Å². The van der Waals surface area contributed by atoms with Gasteiger partial charge in [0.1, 0.15) is 6.10 Å². The molecule has 0 aliphatic carbocycles. The van der Waals surface area contributed by atoms with Crippen molar-refractivity contribution in [1.82, 2.24) is 10.2 Å². The molecule has 0 aromatic heterocycles. The van der Waals surface area contributed by atoms with E-state index in [2.05, 4.69) is 76.4 Å². The van der Waals surface area contributed by atoms with Crippen LogP contribution in [0.3, 0.4) is 0 Å². The number of rotatable bonds is 21. The summed E-state index contributed by atoms with van der Waals surface area (Å²) in [6, 6.07) is 17.0. The van der Waals surface area contributed by atoms with Crippen LogP contribution in [0.5, 0.6) is 0 Å². The van der Waals surface area contributed by atoms with E-state index in [0.29, 0.717) is 13.0 Å². The van der Waals surface area contributed by atoms with Gasteiger partial charge < -0.3 is 41.7 Å². The first-order valence-corrected chi connectivity index (χ1v) is 18.0. The predicted molar refractivity (Wildman–Crippen MR) is 188 cm³/mol. The largest absolute Gasteiger partial charge is 0.396 e. The Balaban J connectivity index is 0.00000496. The molecule has 0 spiro atoms. The van der Waals surface area contributed by atoms with E-state index in [1.165, 1.54) is 10.5 Å². The number of carbonyl (C=O) groups excluding carboxylic acids is 1. The van der Waals surface area contributed by atoms with Crippen LogP contribution in [0.15, 0.2) is 48.5 Å². The van der Waals surface area contributed by atoms with E-state index >= 15 is 0 Å². The van der Waals surface area contributed by atoms with Crippen LogP contribution in [-0.4, -0.2) is 116 Å². The molecule has 0 saturated carbocycles. The SMILES string of the molecule is CC(C)C(O)C(O)CN(CC(=O)NCCCc1ccc(-c2ccc(CCCCN)cc2)cc1)CC(O)C(O)C(O)CCO.CI. The fraction of sp³-hybridized carbons (Fsp3) is 0.618. The van der Waals surface area contributed by atoms with Gasteiger partial charge in [-0.2, -0.15) is 0 Å². The average molecular weight is 746 g/mol. The number of halogens is 1. The molecular weight excluding hydrogens is 689 g/mol. The van der Waals surface area contributed by atoms with Crippen molar-refractivity contribution in [2.75, 3.05) is 44.3 Å². The third-order valence-electron chi connectivity index (χ3n) is 7.67. The molecule has 256 valence electrons. The minimum atomic E-state index is -1.54. The zero-order valence-corrected chi connectivity index (χ0v) is 29.2. The van der Waals surface area contributed by atoms with Gasteiger partial charge in [-0.15, -0.1) is 0 Å². The van der Waals surface area contributed by atoms with Gasteiger partial charge in [-0.05, 0) is 78.2 Å². The van der Waals surface area contributed by atoms with Gasteiger partial charge in [0.2, 0.25) is 5.91 Å². The summed E-state index contributed by atoms with van der Waals surface area (Å²) < 4.78 is 0. The lowest BCUT2D eigenvalue weighted by molar-refractivity contribution is -0.124. The van der Waals surface area contributed by atoms with Crippen molar-refractivity contribution in [3.63, 3.8) is 0 Å². The Labute approximate surface area is 282 Å². The van der Waals surface area contributed by atoms with Gasteiger partial charge in [-0.25, -0.2) is 0 Å². The molecule has 45 heavy (non-hydrogen) atoms. The Morgan fingerprint density at radius 2 is 1.27 bits per heavy atom. The van der Waals surface area contributed by atoms with E-state index in [1.807, 2.05) is 4.93 Å². The molecule has 11 heteroatoms. The average Bonchev–Trinajstić information content (AvgIpc) is 3.04. The minimum absolute atomic E-state index is 0.112. The molecule has 0 fully saturated rings. The molecule has 0 aliphatic heterocycles. The van der Waals surface area contributed by atoms with Crippen LogP contribution in [0.2, 0.25) is 0 Å². The highest BCUT2D eigenvalue weighted by molar-refractivity contribution is 14.1. The smallest absolute Gasteiger partial charge is 0.234 e. The van der Waals surface area contributed by atoms with Gasteiger partial charge in [0.15, 0.2) is 0 Å². The lowest BCUT2D eigenvalue weighted by atomic mass is 9.99. The van der Waals surface area contributed by atoms with Gasteiger partial charge in [0, 0.05) is 26.2 Å². The molecule has 0 heterocycles. The normalized spacial score (nSPS) is 14.8. The summed E-state index contributed by atoms with van der Waals surface area (Å²) in [6.07, 6.45) is -1.98. The quantitative estimate of drug-likeness (QED) is 0.0539. The zero-order chi connectivity index (χ0) is 33.8. The summed E-state index contributed by atoms with van der Waals surface area (Å²) in [5, 5.41) is 63.1. The third kappa shape index (κ3) is 16.1. The number of alkyl halides is 1. The maximum Gasteiger partial charge on any atom is 0.234 e. The van der Waals surface area contributed by atoms with Crippen LogP contribution in [-0.2, 0) is 17.6 Å². The second-order valence-corrected chi connectivity index (χ2v) is 11.7. The molecule has 0 aliphatic rings. The molecule has 0 bridgehead atoms. The van der Waals surface area contributed by atoms with Gasteiger partial charge in [0.05, 0.1) is 31.0 Å². The lowest BCUT2D eigenvalue weighted by Crippen LogP contribution is -2.51. The first kappa shape index (κ1) is 41.3. The van der Waals surface area contributed by atoms with E-state index in [-0.39, 0.29) is 44.5 Å². The molecule has 1 amide bonds. The topological polar surface area (TPSA) is 180 Å². The third-order valence-corrected chi connectivity index (χ3v) is 7.67. The second-order valence-electron chi connectivity index (χ2n) is 11.7. The van der Waals surface area contributed by atoms with Crippen molar-refractivity contribution in [3.05, 3.63) is 59.7 Å². The first-order valence-electron chi connectivity index (χ1n) is 15.8. The Kier molecular flexibility index (Phi) is 21.7. The second kappa shape index (κ2) is 23.6. The molecule has 0 saturated heterocycles. The van der Waals surface area contributed by atoms with Crippen LogP contribution in [0.4, 0.5) is 0 Å². The standard InChI is InChI=1S/C33H53N3O7.CH3I/c1-23(2)32(42)29(39)20-36(21-30(40)33(43)28(38)16-19-37)22-31(41)35-18-5-7-25-10-14-27(15-11-25)26-12-8-24(9-13-26)6-3-4-17-34;1-2/h8-15,23,28-30,32-33,37-40,42-43H,3-7,16-22,34H2,1-2H3,(H,35,41);1H3. The number of aryl methyl sites for hydroxylation is 2. The van der Waals surface area contributed by atoms with Crippen LogP contribution in [0.25, 0.3) is 11.1 Å². The van der Waals surface area contributed by atoms with E-state index in [9.17, 15) is 30.3 Å². The maximum atomic E-state index is 12.7. The highest BCUT2D eigenvalue weighted by Gasteiger charge is 2.29. The van der Waals surface area contributed by atoms with E-state index in [4.69, 9.17) is 10.8 Å². The minimum Gasteiger partial charge on any atom is -0.396 e. The Morgan fingerprint density at radius 3 is 1.73 bits per heavy atom. The van der Waals surface area contributed by atoms with Gasteiger partial charge >= 0.3 is 0 Å². The van der Waals surface area contributed by atoms with Crippen LogP contribution >= 0.6 is 22.6 Å². The molecule has 9 N–H and O–H groups in total. The molecular formula is C34H56IN3O7. The fourth-order valence-corrected chi connectivity index (χ4v) is 4.93. The maximum absolute atomic E-state index is 12.7. The Morgan fingerprint density at radius 1 is 0.778 bits per heavy atom. The van der Waals surface area contributed by atoms with E-state index in [0.717, 1.165) is 48.9 Å². The van der Waals surface area contributed by atoms with Crippen LogP contribution in [0, 0.1) is 5.92 Å². The van der Waals surface area contributed by atoms with Gasteiger partial charge in [0.25, 0.3) is 0 Å². The Bertz CT molecular complexity index is 1040. The first-order chi connectivity index (χ1) is 21.5. The number of amides is 1. The van der Waals surface area contributed by atoms with Crippen molar-refractivity contribution in [2.24, 2.45) is 11.7 Å². The molecule has 5 unspecified atom stereocenters. The number of unbranched alkanes of at least 4 members (excludes halogenated alkanes) is 1. The summed E-state index contributed by atoms with van der Waals surface area (Å²) >= 11 is 2.15. The summed E-state index contributed by atoms with van der Waals surface area (Å²) in [5.41, 5.74) is 10.4. The molecule has 2 rings (SSSR count). The summed E-state index contributed by atoms with van der Waals surface area (Å²) in [5.74, 6) is -0.551. The fourth-order valence-electron chi connectivity index (χ4n) is 4.93. The number of benzene rings is 2. The predicted octanol–water partition coefficient (Wildman–Crippen LogP) is 1.88. The molecule has 2 aromatic rings. The van der Waals surface area contributed by atoms with Crippen molar-refractivity contribution >= 4 is 28.5 Å². The molecule has 10 nitrogen and oxygen atoms in total. The highest BCUT2D eigenvalue weighted by Crippen LogP contribution is 2.21. The summed E-state index contributed by atoms with van der Waals surface area (Å²) in [4.78, 5) is 16.1. The van der Waals surface area contributed by atoms with E-state index < -0.39 is 30.5 Å². The molecule has 5 atom stereocenters. The number of hydrogen-bond acceptors (Lipinski definition) is 9. The van der Waals surface area contributed by atoms with Crippen molar-refractivity contribution in [3.8, 4) is 11.1 Å². The monoisotopic (exact) mass is 745 g/mol. The molecule has 2 aromatic carbocycles. The van der Waals surface area contributed by atoms with Crippen LogP contribution < -0.4 is 11.1 Å². The highest BCUT2D eigenvalue weighted by atomic mass is 127. The number of aliphatic hydroxyl groups excluding tert-OH is 6. The Hall–Kier alpha value is -1.68. The summed E-state index contributed by atoms with van der Waals surface area (Å²) in [6.45, 7) is 3.79. The van der Waals surface area contributed by atoms with Crippen molar-refractivity contribution in [1.29, 1.82) is 0 Å². The lowest BCUT2D eigenvalue weighted by Gasteiger charge is -2.31. The number of aliphatic hydroxyl groups is 6.